The highest BCUT2D eigenvalue weighted by molar-refractivity contribution is 7.13. The molecule has 3 rings (SSSR count). The van der Waals surface area contributed by atoms with Crippen LogP contribution in [0, 0.1) is 10.1 Å². The number of thiophene rings is 1. The number of carbonyl (C=O) groups excluding carboxylic acids is 2. The maximum Gasteiger partial charge on any atom is 0.325 e. The van der Waals surface area contributed by atoms with E-state index in [1.807, 2.05) is 0 Å². The van der Waals surface area contributed by atoms with Gasteiger partial charge < -0.3 is 9.73 Å². The highest BCUT2D eigenvalue weighted by Gasteiger charge is 2.50. The number of hydrogen-bond acceptors (Lipinski definition) is 6. The lowest BCUT2D eigenvalue weighted by Gasteiger charge is -2.18. The minimum absolute atomic E-state index is 0.0225. The Balaban J connectivity index is 1.84. The number of nitrogens with zero attached hydrogens (tertiary/aromatic N) is 2. The predicted molar refractivity (Wildman–Crippen MR) is 76.1 cm³/mol. The Morgan fingerprint density at radius 1 is 1.50 bits per heavy atom. The summed E-state index contributed by atoms with van der Waals surface area (Å²) in [6.07, 6.45) is 1.42. The van der Waals surface area contributed by atoms with Gasteiger partial charge in [0.15, 0.2) is 5.54 Å². The van der Waals surface area contributed by atoms with Crippen LogP contribution in [-0.4, -0.2) is 21.8 Å². The van der Waals surface area contributed by atoms with Crippen molar-refractivity contribution >= 4 is 28.3 Å². The van der Waals surface area contributed by atoms with Gasteiger partial charge >= 0.3 is 11.0 Å². The predicted octanol–water partition coefficient (Wildman–Crippen LogP) is 2.22. The monoisotopic (exact) mass is 321 g/mol. The minimum atomic E-state index is -1.26. The zero-order valence-corrected chi connectivity index (χ0v) is 12.3. The number of amides is 3. The smallest absolute Gasteiger partial charge is 0.325 e. The van der Waals surface area contributed by atoms with Crippen LogP contribution in [0.2, 0.25) is 0 Å². The zero-order valence-electron chi connectivity index (χ0n) is 11.4. The number of hydrogen-bond donors (Lipinski definition) is 1. The van der Waals surface area contributed by atoms with Gasteiger partial charge in [-0.3, -0.25) is 19.8 Å². The van der Waals surface area contributed by atoms with Crippen LogP contribution in [0.4, 0.5) is 9.80 Å². The summed E-state index contributed by atoms with van der Waals surface area (Å²) in [6.45, 7) is 1.54. The van der Waals surface area contributed by atoms with Crippen LogP contribution in [0.3, 0.4) is 0 Å². The molecule has 1 fully saturated rings. The average molecular weight is 321 g/mol. The first kappa shape index (κ1) is 14.3. The molecule has 3 heterocycles. The first-order valence-corrected chi connectivity index (χ1v) is 7.19. The molecule has 1 aliphatic rings. The Hall–Kier alpha value is -2.68. The van der Waals surface area contributed by atoms with Crippen molar-refractivity contribution in [2.45, 2.75) is 19.0 Å². The number of nitro groups is 1. The maximum atomic E-state index is 12.5. The molecule has 1 atom stereocenters. The van der Waals surface area contributed by atoms with E-state index < -0.39 is 22.4 Å². The second-order valence-electron chi connectivity index (χ2n) is 4.97. The molecule has 0 aliphatic carbocycles. The first-order valence-electron chi connectivity index (χ1n) is 6.32. The van der Waals surface area contributed by atoms with E-state index in [1.165, 1.54) is 12.3 Å². The molecular weight excluding hydrogens is 310 g/mol. The summed E-state index contributed by atoms with van der Waals surface area (Å²) in [5.41, 5.74) is -0.730. The van der Waals surface area contributed by atoms with Gasteiger partial charge in [0, 0.05) is 11.4 Å². The summed E-state index contributed by atoms with van der Waals surface area (Å²) in [5.74, 6) is -0.119. The Morgan fingerprint density at radius 3 is 2.86 bits per heavy atom. The average Bonchev–Trinajstić information content (AvgIpc) is 3.17. The molecule has 2 aromatic heterocycles. The molecule has 3 amide bonds. The van der Waals surface area contributed by atoms with Crippen molar-refractivity contribution in [3.63, 3.8) is 0 Å². The van der Waals surface area contributed by atoms with Crippen molar-refractivity contribution in [1.82, 2.24) is 10.2 Å². The molecule has 1 N–H and O–H groups in total. The molecule has 0 spiro atoms. The summed E-state index contributed by atoms with van der Waals surface area (Å²) in [4.78, 5) is 35.8. The van der Waals surface area contributed by atoms with Gasteiger partial charge in [0.25, 0.3) is 5.91 Å². The van der Waals surface area contributed by atoms with E-state index in [2.05, 4.69) is 5.32 Å². The van der Waals surface area contributed by atoms with Gasteiger partial charge in [-0.25, -0.2) is 4.79 Å². The van der Waals surface area contributed by atoms with Crippen molar-refractivity contribution in [3.05, 3.63) is 51.3 Å². The number of carbonyl (C=O) groups is 2. The highest BCUT2D eigenvalue weighted by Crippen LogP contribution is 2.31. The van der Waals surface area contributed by atoms with Crippen molar-refractivity contribution in [2.75, 3.05) is 0 Å². The molecule has 0 radical (unpaired) electrons. The number of rotatable bonds is 4. The van der Waals surface area contributed by atoms with Gasteiger partial charge in [-0.1, -0.05) is 11.3 Å². The molecular formula is C13H11N3O5S. The van der Waals surface area contributed by atoms with Gasteiger partial charge in [0.05, 0.1) is 17.7 Å². The van der Waals surface area contributed by atoms with Crippen LogP contribution in [0.1, 0.15) is 18.2 Å². The Labute approximate surface area is 128 Å². The van der Waals surface area contributed by atoms with Gasteiger partial charge in [0.2, 0.25) is 0 Å². The topological polar surface area (TPSA) is 106 Å². The largest absolute Gasteiger partial charge is 0.466 e. The van der Waals surface area contributed by atoms with Crippen LogP contribution in [0.25, 0.3) is 0 Å². The van der Waals surface area contributed by atoms with Crippen molar-refractivity contribution < 1.29 is 18.9 Å². The fraction of sp³-hybridized carbons (Fsp3) is 0.231. The highest BCUT2D eigenvalue weighted by atomic mass is 32.1. The van der Waals surface area contributed by atoms with E-state index in [9.17, 15) is 19.7 Å². The fourth-order valence-electron chi connectivity index (χ4n) is 2.29. The van der Waals surface area contributed by atoms with Crippen LogP contribution in [-0.2, 0) is 16.9 Å². The normalized spacial score (nSPS) is 21.2. The zero-order chi connectivity index (χ0) is 15.9. The van der Waals surface area contributed by atoms with Gasteiger partial charge in [-0.05, 0) is 24.6 Å². The quantitative estimate of drug-likeness (QED) is 0.528. The number of furan rings is 1. The van der Waals surface area contributed by atoms with Crippen molar-refractivity contribution in [2.24, 2.45) is 0 Å². The number of urea groups is 1. The first-order chi connectivity index (χ1) is 10.4. The molecule has 0 saturated carbocycles. The third-order valence-corrected chi connectivity index (χ3v) is 4.38. The summed E-state index contributed by atoms with van der Waals surface area (Å²) < 4.78 is 5.22. The lowest BCUT2D eigenvalue weighted by atomic mass is 9.99. The third-order valence-electron chi connectivity index (χ3n) is 3.45. The number of nitrogens with one attached hydrogen (secondary N) is 1. The number of imide groups is 1. The lowest BCUT2D eigenvalue weighted by Crippen LogP contribution is -2.40. The lowest BCUT2D eigenvalue weighted by molar-refractivity contribution is -0.380. The summed E-state index contributed by atoms with van der Waals surface area (Å²) in [5, 5.41) is 14.8. The SMILES string of the molecule is C[C@]1(c2ccco2)NC(=O)N(Cc2csc([N+](=O)[O-])c2)C1=O. The van der Waals surface area contributed by atoms with Gasteiger partial charge in [-0.2, -0.15) is 0 Å². The van der Waals surface area contributed by atoms with Gasteiger partial charge in [0.1, 0.15) is 5.76 Å². The molecule has 114 valence electrons. The van der Waals surface area contributed by atoms with E-state index in [4.69, 9.17) is 4.42 Å². The van der Waals surface area contributed by atoms with Gasteiger partial charge in [-0.15, -0.1) is 0 Å². The van der Waals surface area contributed by atoms with Crippen molar-refractivity contribution in [3.8, 4) is 0 Å². The molecule has 0 bridgehead atoms. The van der Waals surface area contributed by atoms with E-state index in [0.717, 1.165) is 16.2 Å². The molecule has 2 aromatic rings. The fourth-order valence-corrected chi connectivity index (χ4v) is 3.01. The van der Waals surface area contributed by atoms with Crippen LogP contribution in [0.15, 0.2) is 34.3 Å². The standard InChI is InChI=1S/C13H11N3O5S/c1-13(9-3-2-4-21-9)11(17)15(12(18)14-13)6-8-5-10(16(19)20)22-7-8/h2-5,7H,6H2,1H3,(H,14,18)/t13-/m1/s1. The third kappa shape index (κ3) is 2.15. The molecule has 22 heavy (non-hydrogen) atoms. The van der Waals surface area contributed by atoms with Crippen LogP contribution < -0.4 is 5.32 Å². The Bertz CT molecular complexity index is 754. The van der Waals surface area contributed by atoms with E-state index >= 15 is 0 Å². The summed E-state index contributed by atoms with van der Waals surface area (Å²) >= 11 is 0.954. The molecule has 9 heteroatoms. The second-order valence-corrected chi connectivity index (χ2v) is 5.86. The Morgan fingerprint density at radius 2 is 2.27 bits per heavy atom. The molecule has 1 saturated heterocycles. The molecule has 0 aromatic carbocycles. The van der Waals surface area contributed by atoms with Crippen molar-refractivity contribution in [1.29, 1.82) is 0 Å². The Kier molecular flexibility index (Phi) is 3.21. The van der Waals surface area contributed by atoms with E-state index in [0.29, 0.717) is 11.3 Å². The van der Waals surface area contributed by atoms with Crippen LogP contribution in [0.5, 0.6) is 0 Å². The summed E-state index contributed by atoms with van der Waals surface area (Å²) in [7, 11) is 0. The minimum Gasteiger partial charge on any atom is -0.466 e. The van der Waals surface area contributed by atoms with E-state index in [-0.39, 0.29) is 11.5 Å². The molecule has 1 aliphatic heterocycles. The second kappa shape index (κ2) is 4.95. The maximum absolute atomic E-state index is 12.5. The molecule has 8 nitrogen and oxygen atoms in total. The molecule has 0 unspecified atom stereocenters. The summed E-state index contributed by atoms with van der Waals surface area (Å²) in [6, 6.07) is 4.04. The van der Waals surface area contributed by atoms with E-state index in [1.54, 1.807) is 24.4 Å². The van der Waals surface area contributed by atoms with Crippen LogP contribution >= 0.6 is 11.3 Å².